The van der Waals surface area contributed by atoms with Crippen molar-refractivity contribution in [2.24, 2.45) is 5.73 Å². The summed E-state index contributed by atoms with van der Waals surface area (Å²) in [7, 11) is 1.51. The first-order valence-electron chi connectivity index (χ1n) is 7.04. The highest BCUT2D eigenvalue weighted by Gasteiger charge is 2.13. The number of carbonyl (C=O) groups is 1. The van der Waals surface area contributed by atoms with Crippen molar-refractivity contribution >= 4 is 17.5 Å². The Morgan fingerprint density at radius 2 is 2.30 bits per heavy atom. The van der Waals surface area contributed by atoms with E-state index in [1.54, 1.807) is 18.6 Å². The number of ether oxygens (including phenoxy) is 2. The van der Waals surface area contributed by atoms with Gasteiger partial charge in [0.2, 0.25) is 0 Å². The fourth-order valence-electron chi connectivity index (χ4n) is 2.02. The predicted molar refractivity (Wildman–Crippen MR) is 86.6 cm³/mol. The van der Waals surface area contributed by atoms with Crippen molar-refractivity contribution < 1.29 is 14.3 Å². The lowest BCUT2D eigenvalue weighted by Gasteiger charge is -2.14. The number of nitrogens with one attached hydrogen (secondary N) is 1. The molecule has 0 saturated carbocycles. The standard InChI is InChI=1S/C15H19ClN4O3/c1-22-13-7-11(6-12(16)15(13)23-9-14(17)21)8-18-2-4-20-5-3-19-10-20/h3,5-7,10,18H,2,4,8-9H2,1H3,(H2,17,21). The van der Waals surface area contributed by atoms with Crippen LogP contribution in [0.1, 0.15) is 5.56 Å². The number of hydrogen-bond acceptors (Lipinski definition) is 5. The van der Waals surface area contributed by atoms with Crippen molar-refractivity contribution in [1.82, 2.24) is 14.9 Å². The third-order valence-corrected chi connectivity index (χ3v) is 3.36. The van der Waals surface area contributed by atoms with E-state index in [9.17, 15) is 4.79 Å². The number of nitrogens with zero attached hydrogens (tertiary/aromatic N) is 2. The minimum Gasteiger partial charge on any atom is -0.493 e. The van der Waals surface area contributed by atoms with Crippen LogP contribution in [-0.4, -0.2) is 35.7 Å². The first-order chi connectivity index (χ1) is 11.1. The zero-order valence-corrected chi connectivity index (χ0v) is 13.5. The van der Waals surface area contributed by atoms with Gasteiger partial charge in [-0.15, -0.1) is 0 Å². The Hall–Kier alpha value is -2.25. The molecule has 7 nitrogen and oxygen atoms in total. The molecule has 8 heteroatoms. The van der Waals surface area contributed by atoms with Crippen LogP contribution in [-0.2, 0) is 17.9 Å². The summed E-state index contributed by atoms with van der Waals surface area (Å²) >= 11 is 6.19. The van der Waals surface area contributed by atoms with E-state index in [0.29, 0.717) is 23.1 Å². The second-order valence-corrected chi connectivity index (χ2v) is 5.25. The monoisotopic (exact) mass is 338 g/mol. The molecule has 0 bridgehead atoms. The number of aromatic nitrogens is 2. The second kappa shape index (κ2) is 8.40. The summed E-state index contributed by atoms with van der Waals surface area (Å²) in [5, 5.41) is 3.68. The van der Waals surface area contributed by atoms with Crippen LogP contribution in [0.15, 0.2) is 30.9 Å². The summed E-state index contributed by atoms with van der Waals surface area (Å²) in [4.78, 5) is 14.8. The molecule has 0 saturated heterocycles. The van der Waals surface area contributed by atoms with E-state index in [-0.39, 0.29) is 6.61 Å². The summed E-state index contributed by atoms with van der Waals surface area (Å²) in [6.07, 6.45) is 5.42. The number of nitrogens with two attached hydrogens (primary N) is 1. The van der Waals surface area contributed by atoms with E-state index in [0.717, 1.165) is 18.7 Å². The van der Waals surface area contributed by atoms with Crippen LogP contribution in [0.3, 0.4) is 0 Å². The van der Waals surface area contributed by atoms with Crippen LogP contribution in [0, 0.1) is 0 Å². The number of halogens is 1. The second-order valence-electron chi connectivity index (χ2n) is 4.84. The van der Waals surface area contributed by atoms with Crippen molar-refractivity contribution in [3.05, 3.63) is 41.4 Å². The zero-order chi connectivity index (χ0) is 16.7. The zero-order valence-electron chi connectivity index (χ0n) is 12.8. The Morgan fingerprint density at radius 3 is 2.96 bits per heavy atom. The van der Waals surface area contributed by atoms with Gasteiger partial charge in [0.1, 0.15) is 0 Å². The first-order valence-corrected chi connectivity index (χ1v) is 7.42. The average molecular weight is 339 g/mol. The normalized spacial score (nSPS) is 10.5. The SMILES string of the molecule is COc1cc(CNCCn2ccnc2)cc(Cl)c1OCC(N)=O. The number of imidazole rings is 1. The van der Waals surface area contributed by atoms with Gasteiger partial charge in [0.15, 0.2) is 18.1 Å². The summed E-state index contributed by atoms with van der Waals surface area (Å²) in [6.45, 7) is 1.99. The van der Waals surface area contributed by atoms with E-state index in [1.807, 2.05) is 16.8 Å². The molecule has 0 spiro atoms. The molecule has 0 aliphatic rings. The average Bonchev–Trinajstić information content (AvgIpc) is 3.03. The van der Waals surface area contributed by atoms with Gasteiger partial charge in [-0.1, -0.05) is 11.6 Å². The molecule has 0 fully saturated rings. The van der Waals surface area contributed by atoms with E-state index in [2.05, 4.69) is 10.3 Å². The number of primary amides is 1. The predicted octanol–water partition coefficient (Wildman–Crippen LogP) is 1.20. The fraction of sp³-hybridized carbons (Fsp3) is 0.333. The third kappa shape index (κ3) is 5.15. The molecule has 23 heavy (non-hydrogen) atoms. The van der Waals surface area contributed by atoms with Crippen LogP contribution in [0.25, 0.3) is 0 Å². The van der Waals surface area contributed by atoms with Crippen molar-refractivity contribution in [2.45, 2.75) is 13.1 Å². The number of methoxy groups -OCH3 is 1. The lowest BCUT2D eigenvalue weighted by Crippen LogP contribution is -2.21. The summed E-state index contributed by atoms with van der Waals surface area (Å²) in [5.41, 5.74) is 6.02. The highest BCUT2D eigenvalue weighted by Crippen LogP contribution is 2.36. The van der Waals surface area contributed by atoms with E-state index < -0.39 is 5.91 Å². The third-order valence-electron chi connectivity index (χ3n) is 3.08. The summed E-state index contributed by atoms with van der Waals surface area (Å²) in [5.74, 6) is 0.202. The van der Waals surface area contributed by atoms with Crippen molar-refractivity contribution in [1.29, 1.82) is 0 Å². The van der Waals surface area contributed by atoms with Crippen LogP contribution >= 0.6 is 11.6 Å². The minimum absolute atomic E-state index is 0.251. The number of benzene rings is 1. The molecule has 124 valence electrons. The van der Waals surface area contributed by atoms with Crippen LogP contribution in [0.5, 0.6) is 11.5 Å². The van der Waals surface area contributed by atoms with Crippen molar-refractivity contribution in [3.63, 3.8) is 0 Å². The van der Waals surface area contributed by atoms with E-state index in [1.165, 1.54) is 7.11 Å². The van der Waals surface area contributed by atoms with Gasteiger partial charge in [-0.3, -0.25) is 4.79 Å². The highest BCUT2D eigenvalue weighted by atomic mass is 35.5. The van der Waals surface area contributed by atoms with Crippen LogP contribution in [0.4, 0.5) is 0 Å². The van der Waals surface area contributed by atoms with Crippen LogP contribution in [0.2, 0.25) is 5.02 Å². The topological polar surface area (TPSA) is 91.4 Å². The van der Waals surface area contributed by atoms with Gasteiger partial charge in [0.05, 0.1) is 18.5 Å². The Bertz CT molecular complexity index is 646. The molecule has 0 aliphatic carbocycles. The smallest absolute Gasteiger partial charge is 0.255 e. The number of rotatable bonds is 9. The first kappa shape index (κ1) is 17.1. The molecule has 0 radical (unpaired) electrons. The molecule has 2 aromatic rings. The number of amides is 1. The molecule has 1 aromatic carbocycles. The minimum atomic E-state index is -0.576. The van der Waals surface area contributed by atoms with Gasteiger partial charge in [-0.2, -0.15) is 0 Å². The maximum Gasteiger partial charge on any atom is 0.255 e. The van der Waals surface area contributed by atoms with Gasteiger partial charge in [-0.25, -0.2) is 4.98 Å². The molecule has 1 heterocycles. The Kier molecular flexibility index (Phi) is 6.25. The van der Waals surface area contributed by atoms with Crippen LogP contribution < -0.4 is 20.5 Å². The molecule has 3 N–H and O–H groups in total. The van der Waals surface area contributed by atoms with Crippen molar-refractivity contribution in [3.8, 4) is 11.5 Å². The molecule has 0 atom stereocenters. The molecular weight excluding hydrogens is 320 g/mol. The Morgan fingerprint density at radius 1 is 1.48 bits per heavy atom. The Labute approximate surface area is 139 Å². The van der Waals surface area contributed by atoms with Gasteiger partial charge < -0.3 is 25.1 Å². The van der Waals surface area contributed by atoms with Gasteiger partial charge >= 0.3 is 0 Å². The molecule has 0 unspecified atom stereocenters. The molecular formula is C15H19ClN4O3. The van der Waals surface area contributed by atoms with E-state index in [4.69, 9.17) is 26.8 Å². The number of carbonyl (C=O) groups excluding carboxylic acids is 1. The maximum absolute atomic E-state index is 10.8. The Balaban J connectivity index is 1.94. The van der Waals surface area contributed by atoms with Gasteiger partial charge in [-0.05, 0) is 17.7 Å². The fourth-order valence-corrected chi connectivity index (χ4v) is 2.31. The summed E-state index contributed by atoms with van der Waals surface area (Å²) in [6, 6.07) is 3.58. The van der Waals surface area contributed by atoms with E-state index >= 15 is 0 Å². The summed E-state index contributed by atoms with van der Waals surface area (Å²) < 4.78 is 12.5. The van der Waals surface area contributed by atoms with Gasteiger partial charge in [0, 0.05) is 32.0 Å². The largest absolute Gasteiger partial charge is 0.493 e. The van der Waals surface area contributed by atoms with Gasteiger partial charge in [0.25, 0.3) is 5.91 Å². The lowest BCUT2D eigenvalue weighted by molar-refractivity contribution is -0.119. The molecule has 2 rings (SSSR count). The molecule has 1 aromatic heterocycles. The maximum atomic E-state index is 10.8. The lowest BCUT2D eigenvalue weighted by atomic mass is 10.2. The molecule has 1 amide bonds. The van der Waals surface area contributed by atoms with Crippen molar-refractivity contribution in [2.75, 3.05) is 20.3 Å². The quantitative estimate of drug-likeness (QED) is 0.670. The number of hydrogen-bond donors (Lipinski definition) is 2. The highest BCUT2D eigenvalue weighted by molar-refractivity contribution is 6.32. The molecule has 0 aliphatic heterocycles.